The normalized spacial score (nSPS) is 15.8. The number of amides is 2. The Kier molecular flexibility index (Phi) is 4.16. The molecule has 0 spiro atoms. The van der Waals surface area contributed by atoms with Crippen LogP contribution < -0.4 is 10.2 Å². The molecule has 1 fully saturated rings. The number of nitrogens with one attached hydrogen (secondary N) is 1. The van der Waals surface area contributed by atoms with Crippen LogP contribution in [0.25, 0.3) is 10.8 Å². The molecule has 3 rings (SSSR count). The first-order chi connectivity index (χ1) is 10.9. The topological polar surface area (TPSA) is 35.6 Å². The van der Waals surface area contributed by atoms with Crippen LogP contribution in [-0.4, -0.2) is 42.6 Å². The first-order valence-electron chi connectivity index (χ1n) is 8.24. The molecule has 1 saturated heterocycles. The van der Waals surface area contributed by atoms with Gasteiger partial charge in [0.05, 0.1) is 0 Å². The van der Waals surface area contributed by atoms with Gasteiger partial charge in [-0.05, 0) is 32.2 Å². The quantitative estimate of drug-likeness (QED) is 0.875. The van der Waals surface area contributed by atoms with E-state index < -0.39 is 0 Å². The Labute approximate surface area is 138 Å². The van der Waals surface area contributed by atoms with Gasteiger partial charge < -0.3 is 15.1 Å². The van der Waals surface area contributed by atoms with Crippen LogP contribution in [0.2, 0.25) is 0 Å². The summed E-state index contributed by atoms with van der Waals surface area (Å²) >= 11 is 0. The summed E-state index contributed by atoms with van der Waals surface area (Å²) in [4.78, 5) is 16.6. The Hall–Kier alpha value is -2.23. The van der Waals surface area contributed by atoms with Crippen molar-refractivity contribution in [1.82, 2.24) is 10.2 Å². The van der Waals surface area contributed by atoms with E-state index in [0.717, 1.165) is 26.2 Å². The van der Waals surface area contributed by atoms with E-state index in [2.05, 4.69) is 52.7 Å². The molecule has 0 saturated carbocycles. The maximum Gasteiger partial charge on any atom is 0.317 e. The van der Waals surface area contributed by atoms with E-state index in [-0.39, 0.29) is 11.6 Å². The molecule has 2 aromatic rings. The third-order valence-electron chi connectivity index (χ3n) is 4.16. The van der Waals surface area contributed by atoms with Crippen molar-refractivity contribution >= 4 is 22.5 Å². The molecule has 0 unspecified atom stereocenters. The molecule has 0 aromatic heterocycles. The van der Waals surface area contributed by atoms with Crippen LogP contribution in [0.1, 0.15) is 20.8 Å². The molecule has 2 amide bonds. The van der Waals surface area contributed by atoms with Crippen molar-refractivity contribution in [3.05, 3.63) is 42.5 Å². The highest BCUT2D eigenvalue weighted by Gasteiger charge is 2.24. The van der Waals surface area contributed by atoms with Gasteiger partial charge in [-0.25, -0.2) is 4.79 Å². The number of carbonyl (C=O) groups is 1. The number of urea groups is 1. The predicted molar refractivity (Wildman–Crippen MR) is 96.0 cm³/mol. The number of benzene rings is 2. The minimum absolute atomic E-state index is 0.0371. The van der Waals surface area contributed by atoms with Crippen LogP contribution in [0, 0.1) is 0 Å². The van der Waals surface area contributed by atoms with Gasteiger partial charge in [0.15, 0.2) is 0 Å². The first kappa shape index (κ1) is 15.7. The first-order valence-corrected chi connectivity index (χ1v) is 8.24. The Morgan fingerprint density at radius 2 is 1.61 bits per heavy atom. The van der Waals surface area contributed by atoms with Crippen molar-refractivity contribution < 1.29 is 4.79 Å². The van der Waals surface area contributed by atoms with Crippen LogP contribution in [-0.2, 0) is 0 Å². The number of fused-ring (bicyclic) bond motifs is 1. The summed E-state index contributed by atoms with van der Waals surface area (Å²) in [5.74, 6) is 0. The second-order valence-corrected chi connectivity index (χ2v) is 7.15. The fourth-order valence-electron chi connectivity index (χ4n) is 3.03. The number of hydrogen-bond donors (Lipinski definition) is 1. The fraction of sp³-hybridized carbons (Fsp3) is 0.421. The Morgan fingerprint density at radius 1 is 0.957 bits per heavy atom. The van der Waals surface area contributed by atoms with Gasteiger partial charge in [-0.1, -0.05) is 36.4 Å². The largest absolute Gasteiger partial charge is 0.367 e. The molecule has 0 atom stereocenters. The molecule has 23 heavy (non-hydrogen) atoms. The average molecular weight is 311 g/mol. The van der Waals surface area contributed by atoms with Gasteiger partial charge in [0, 0.05) is 42.8 Å². The van der Waals surface area contributed by atoms with Gasteiger partial charge in [0.25, 0.3) is 0 Å². The SMILES string of the molecule is CC(C)(C)NC(=O)N1CCN(c2cccc3ccccc23)CC1. The van der Waals surface area contributed by atoms with Gasteiger partial charge in [0.2, 0.25) is 0 Å². The molecular formula is C19H25N3O. The molecule has 122 valence electrons. The zero-order valence-corrected chi connectivity index (χ0v) is 14.2. The van der Waals surface area contributed by atoms with Crippen LogP contribution in [0.5, 0.6) is 0 Å². The zero-order chi connectivity index (χ0) is 16.4. The van der Waals surface area contributed by atoms with E-state index in [1.807, 2.05) is 25.7 Å². The molecule has 4 heteroatoms. The fourth-order valence-corrected chi connectivity index (χ4v) is 3.03. The number of nitrogens with zero attached hydrogens (tertiary/aromatic N) is 2. The lowest BCUT2D eigenvalue weighted by atomic mass is 10.1. The maximum absolute atomic E-state index is 12.3. The standard InChI is InChI=1S/C19H25N3O/c1-19(2,3)20-18(23)22-13-11-21(12-14-22)17-10-6-8-15-7-4-5-9-16(15)17/h4-10H,11-14H2,1-3H3,(H,20,23). The molecule has 1 aliphatic rings. The predicted octanol–water partition coefficient (Wildman–Crippen LogP) is 3.47. The molecule has 1 heterocycles. The highest BCUT2D eigenvalue weighted by molar-refractivity contribution is 5.94. The van der Waals surface area contributed by atoms with Crippen molar-refractivity contribution in [2.45, 2.75) is 26.3 Å². The minimum Gasteiger partial charge on any atom is -0.367 e. The summed E-state index contributed by atoms with van der Waals surface area (Å²) in [6.45, 7) is 9.28. The van der Waals surface area contributed by atoms with Crippen molar-refractivity contribution in [2.24, 2.45) is 0 Å². The highest BCUT2D eigenvalue weighted by atomic mass is 16.2. The number of carbonyl (C=O) groups excluding carboxylic acids is 1. The Morgan fingerprint density at radius 3 is 2.30 bits per heavy atom. The molecule has 4 nitrogen and oxygen atoms in total. The molecule has 0 aliphatic carbocycles. The molecule has 0 radical (unpaired) electrons. The van der Waals surface area contributed by atoms with Crippen molar-refractivity contribution in [3.63, 3.8) is 0 Å². The smallest absolute Gasteiger partial charge is 0.317 e. The van der Waals surface area contributed by atoms with Gasteiger partial charge in [-0.15, -0.1) is 0 Å². The van der Waals surface area contributed by atoms with E-state index >= 15 is 0 Å². The number of rotatable bonds is 1. The molecule has 2 aromatic carbocycles. The number of anilines is 1. The number of hydrogen-bond acceptors (Lipinski definition) is 2. The third-order valence-corrected chi connectivity index (χ3v) is 4.16. The maximum atomic E-state index is 12.3. The van der Waals surface area contributed by atoms with E-state index in [1.54, 1.807) is 0 Å². The summed E-state index contributed by atoms with van der Waals surface area (Å²) in [6, 6.07) is 14.9. The lowest BCUT2D eigenvalue weighted by Crippen LogP contribution is -2.55. The molecular weight excluding hydrogens is 286 g/mol. The van der Waals surface area contributed by atoms with Crippen LogP contribution in [0.15, 0.2) is 42.5 Å². The van der Waals surface area contributed by atoms with Crippen LogP contribution in [0.4, 0.5) is 10.5 Å². The third kappa shape index (κ3) is 3.58. The van der Waals surface area contributed by atoms with E-state index in [9.17, 15) is 4.79 Å². The lowest BCUT2D eigenvalue weighted by Gasteiger charge is -2.37. The molecule has 1 aliphatic heterocycles. The van der Waals surface area contributed by atoms with Gasteiger partial charge in [-0.2, -0.15) is 0 Å². The Bertz CT molecular complexity index is 692. The van der Waals surface area contributed by atoms with E-state index in [1.165, 1.54) is 16.5 Å². The monoisotopic (exact) mass is 311 g/mol. The van der Waals surface area contributed by atoms with E-state index in [0.29, 0.717) is 0 Å². The summed E-state index contributed by atoms with van der Waals surface area (Å²) in [5, 5.41) is 5.58. The molecule has 1 N–H and O–H groups in total. The van der Waals surface area contributed by atoms with Crippen LogP contribution in [0.3, 0.4) is 0 Å². The molecule has 0 bridgehead atoms. The van der Waals surface area contributed by atoms with E-state index in [4.69, 9.17) is 0 Å². The van der Waals surface area contributed by atoms with Gasteiger partial charge in [0.1, 0.15) is 0 Å². The highest BCUT2D eigenvalue weighted by Crippen LogP contribution is 2.27. The summed E-state index contributed by atoms with van der Waals surface area (Å²) in [5.41, 5.74) is 1.07. The number of piperazine rings is 1. The average Bonchev–Trinajstić information content (AvgIpc) is 2.53. The summed E-state index contributed by atoms with van der Waals surface area (Å²) in [7, 11) is 0. The van der Waals surface area contributed by atoms with Crippen molar-refractivity contribution in [2.75, 3.05) is 31.1 Å². The van der Waals surface area contributed by atoms with Crippen molar-refractivity contribution in [1.29, 1.82) is 0 Å². The summed E-state index contributed by atoms with van der Waals surface area (Å²) < 4.78 is 0. The summed E-state index contributed by atoms with van der Waals surface area (Å²) in [6.07, 6.45) is 0. The minimum atomic E-state index is -0.191. The zero-order valence-electron chi connectivity index (χ0n) is 14.2. The van der Waals surface area contributed by atoms with Gasteiger partial charge >= 0.3 is 6.03 Å². The second-order valence-electron chi connectivity index (χ2n) is 7.15. The Balaban J connectivity index is 1.70. The van der Waals surface area contributed by atoms with Gasteiger partial charge in [-0.3, -0.25) is 0 Å². The second kappa shape index (κ2) is 6.11. The lowest BCUT2D eigenvalue weighted by molar-refractivity contribution is 0.185. The van der Waals surface area contributed by atoms with Crippen molar-refractivity contribution in [3.8, 4) is 0 Å². The van der Waals surface area contributed by atoms with Crippen LogP contribution >= 0.6 is 0 Å².